The van der Waals surface area contributed by atoms with Gasteiger partial charge in [0, 0.05) is 10.0 Å². The molecule has 168 valence electrons. The zero-order valence-electron chi connectivity index (χ0n) is 17.0. The third kappa shape index (κ3) is 4.51. The molecule has 0 aliphatic carbocycles. The van der Waals surface area contributed by atoms with E-state index in [2.05, 4.69) is 21.0 Å². The van der Waals surface area contributed by atoms with Crippen LogP contribution in [0, 0.1) is 0 Å². The largest absolute Gasteiger partial charge is 0.478 e. The zero-order valence-corrected chi connectivity index (χ0v) is 19.4. The molecule has 3 N–H and O–H groups in total. The van der Waals surface area contributed by atoms with E-state index in [4.69, 9.17) is 9.56 Å². The molecule has 4 rings (SSSR count). The highest BCUT2D eigenvalue weighted by atomic mass is 79.9. The fourth-order valence-corrected chi connectivity index (χ4v) is 4.14. The molecule has 33 heavy (non-hydrogen) atoms. The van der Waals surface area contributed by atoms with Crippen molar-refractivity contribution in [3.05, 3.63) is 76.0 Å². The first-order valence-electron chi connectivity index (χ1n) is 9.42. The van der Waals surface area contributed by atoms with Gasteiger partial charge in [-0.05, 0) is 67.6 Å². The number of nitrogens with two attached hydrogens (primary N) is 1. The van der Waals surface area contributed by atoms with Gasteiger partial charge in [0.25, 0.3) is 5.91 Å². The second kappa shape index (κ2) is 8.43. The van der Waals surface area contributed by atoms with Crippen molar-refractivity contribution in [1.82, 2.24) is 0 Å². The van der Waals surface area contributed by atoms with Crippen molar-refractivity contribution in [2.75, 3.05) is 5.01 Å². The van der Waals surface area contributed by atoms with Crippen LogP contribution in [0.25, 0.3) is 17.4 Å². The van der Waals surface area contributed by atoms with Gasteiger partial charge in [0.15, 0.2) is 0 Å². The number of primary sulfonamides is 1. The summed E-state index contributed by atoms with van der Waals surface area (Å²) in [7, 11) is -3.85. The van der Waals surface area contributed by atoms with Crippen LogP contribution in [0.5, 0.6) is 0 Å². The molecule has 0 saturated carbocycles. The summed E-state index contributed by atoms with van der Waals surface area (Å²) in [6.45, 7) is 1.66. The highest BCUT2D eigenvalue weighted by molar-refractivity contribution is 9.10. The molecule has 0 unspecified atom stereocenters. The summed E-state index contributed by atoms with van der Waals surface area (Å²) in [5.74, 6) is -0.847. The van der Waals surface area contributed by atoms with Crippen LogP contribution >= 0.6 is 15.9 Å². The van der Waals surface area contributed by atoms with Crippen LogP contribution < -0.4 is 10.1 Å². The van der Waals surface area contributed by atoms with Crippen molar-refractivity contribution in [2.24, 2.45) is 10.2 Å². The number of rotatable bonds is 5. The summed E-state index contributed by atoms with van der Waals surface area (Å²) >= 11 is 3.26. The molecular weight excluding hydrogens is 514 g/mol. The Hall–Kier alpha value is -3.54. The van der Waals surface area contributed by atoms with Gasteiger partial charge in [0.05, 0.1) is 27.4 Å². The number of carbonyl (C=O) groups excluding carboxylic acids is 1. The summed E-state index contributed by atoms with van der Waals surface area (Å²) in [4.78, 5) is 24.4. The fraction of sp³-hybridized carbons (Fsp3) is 0.0455. The Balaban J connectivity index is 1.63. The van der Waals surface area contributed by atoms with Gasteiger partial charge >= 0.3 is 5.97 Å². The summed E-state index contributed by atoms with van der Waals surface area (Å²) in [6, 6.07) is 13.5. The minimum absolute atomic E-state index is 0.0710. The number of benzene rings is 2. The Kier molecular flexibility index (Phi) is 5.78. The number of halogens is 1. The summed E-state index contributed by atoms with van der Waals surface area (Å²) in [5.41, 5.74) is 1.55. The topological polar surface area (TPSA) is 143 Å². The molecule has 0 bridgehead atoms. The van der Waals surface area contributed by atoms with Crippen molar-refractivity contribution < 1.29 is 27.5 Å². The predicted octanol–water partition coefficient (Wildman–Crippen LogP) is 3.86. The van der Waals surface area contributed by atoms with E-state index in [0.29, 0.717) is 33.0 Å². The quantitative estimate of drug-likeness (QED) is 0.480. The summed E-state index contributed by atoms with van der Waals surface area (Å²) < 4.78 is 29.3. The lowest BCUT2D eigenvalue weighted by Gasteiger charge is -2.12. The number of carboxylic acids is 1. The maximum atomic E-state index is 12.9. The number of hydrazone groups is 1. The number of furan rings is 1. The lowest BCUT2D eigenvalue weighted by Crippen LogP contribution is -2.21. The fourth-order valence-electron chi connectivity index (χ4n) is 3.26. The number of hydrogen-bond acceptors (Lipinski definition) is 6. The van der Waals surface area contributed by atoms with Crippen LogP contribution in [0.1, 0.15) is 23.0 Å². The second-order valence-electron chi connectivity index (χ2n) is 7.10. The number of sulfonamides is 1. The van der Waals surface area contributed by atoms with Crippen molar-refractivity contribution >= 4 is 55.3 Å². The van der Waals surface area contributed by atoms with Crippen molar-refractivity contribution in [1.29, 1.82) is 0 Å². The number of hydrogen-bond donors (Lipinski definition) is 2. The van der Waals surface area contributed by atoms with E-state index in [1.54, 1.807) is 31.2 Å². The molecule has 1 aliphatic heterocycles. The highest BCUT2D eigenvalue weighted by Gasteiger charge is 2.29. The van der Waals surface area contributed by atoms with E-state index in [-0.39, 0.29) is 16.0 Å². The number of nitrogens with zero attached hydrogens (tertiary/aromatic N) is 2. The molecule has 11 heteroatoms. The maximum Gasteiger partial charge on any atom is 0.336 e. The molecule has 1 aromatic heterocycles. The number of aromatic carboxylic acids is 1. The molecule has 0 radical (unpaired) electrons. The number of anilines is 1. The molecular formula is C22H16BrN3O6S. The molecule has 1 aliphatic rings. The Morgan fingerprint density at radius 2 is 1.85 bits per heavy atom. The molecule has 0 saturated heterocycles. The van der Waals surface area contributed by atoms with Crippen LogP contribution in [0.3, 0.4) is 0 Å². The van der Waals surface area contributed by atoms with Crippen LogP contribution in [-0.2, 0) is 14.8 Å². The van der Waals surface area contributed by atoms with E-state index in [9.17, 15) is 23.1 Å². The normalized spacial score (nSPS) is 15.2. The Labute approximate surface area is 197 Å². The number of amides is 1. The minimum Gasteiger partial charge on any atom is -0.478 e. The molecule has 2 aromatic carbocycles. The standard InChI is InChI=1S/C22H16BrN3O6S/c1-12-18(21(27)26(25-12)14-3-6-16(7-4-14)33(24,30)31)11-15-5-9-20(32-15)17-8-2-13(23)10-19(17)22(28)29/h2-11H,1H3,(H,28,29)(H2,24,30,31)/b18-11+. The summed E-state index contributed by atoms with van der Waals surface area (Å²) in [5, 5.41) is 20.0. The second-order valence-corrected chi connectivity index (χ2v) is 9.57. The van der Waals surface area contributed by atoms with E-state index in [1.807, 2.05) is 0 Å². The molecule has 2 heterocycles. The third-order valence-electron chi connectivity index (χ3n) is 4.86. The van der Waals surface area contributed by atoms with Crippen molar-refractivity contribution in [3.63, 3.8) is 0 Å². The van der Waals surface area contributed by atoms with Gasteiger partial charge in [-0.2, -0.15) is 10.1 Å². The Morgan fingerprint density at radius 3 is 2.48 bits per heavy atom. The molecule has 1 amide bonds. The van der Waals surface area contributed by atoms with Crippen molar-refractivity contribution in [2.45, 2.75) is 11.8 Å². The highest BCUT2D eigenvalue weighted by Crippen LogP contribution is 2.31. The van der Waals surface area contributed by atoms with Crippen LogP contribution in [0.4, 0.5) is 5.69 Å². The van der Waals surface area contributed by atoms with Crippen LogP contribution in [0.15, 0.2) is 79.1 Å². The first kappa shape index (κ1) is 22.6. The van der Waals surface area contributed by atoms with Gasteiger partial charge < -0.3 is 9.52 Å². The van der Waals surface area contributed by atoms with Gasteiger partial charge in [-0.25, -0.2) is 18.4 Å². The van der Waals surface area contributed by atoms with E-state index in [0.717, 1.165) is 5.01 Å². The first-order valence-corrected chi connectivity index (χ1v) is 11.8. The SMILES string of the molecule is CC1=NN(c2ccc(S(N)(=O)=O)cc2)C(=O)/C1=C/c1ccc(-c2ccc(Br)cc2C(=O)O)o1. The molecule has 0 fully saturated rings. The van der Waals surface area contributed by atoms with Gasteiger partial charge in [-0.3, -0.25) is 4.79 Å². The minimum atomic E-state index is -3.85. The lowest BCUT2D eigenvalue weighted by atomic mass is 10.1. The van der Waals surface area contributed by atoms with Crippen LogP contribution in [-0.4, -0.2) is 31.1 Å². The molecule has 0 atom stereocenters. The van der Waals surface area contributed by atoms with Gasteiger partial charge in [-0.1, -0.05) is 15.9 Å². The lowest BCUT2D eigenvalue weighted by molar-refractivity contribution is -0.114. The van der Waals surface area contributed by atoms with Crippen molar-refractivity contribution in [3.8, 4) is 11.3 Å². The molecule has 3 aromatic rings. The average molecular weight is 530 g/mol. The van der Waals surface area contributed by atoms with E-state index < -0.39 is 21.9 Å². The Morgan fingerprint density at radius 1 is 1.15 bits per heavy atom. The first-order chi connectivity index (χ1) is 15.5. The predicted molar refractivity (Wildman–Crippen MR) is 125 cm³/mol. The monoisotopic (exact) mass is 529 g/mol. The van der Waals surface area contributed by atoms with E-state index >= 15 is 0 Å². The molecule has 0 spiro atoms. The Bertz CT molecular complexity index is 1460. The zero-order chi connectivity index (χ0) is 23.9. The molecule has 9 nitrogen and oxygen atoms in total. The van der Waals surface area contributed by atoms with Gasteiger partial charge in [0.1, 0.15) is 11.5 Å². The number of carboxylic acid groups (broad SMARTS) is 1. The maximum absolute atomic E-state index is 12.9. The van der Waals surface area contributed by atoms with Gasteiger partial charge in [-0.15, -0.1) is 0 Å². The smallest absolute Gasteiger partial charge is 0.336 e. The van der Waals surface area contributed by atoms with E-state index in [1.165, 1.54) is 36.4 Å². The summed E-state index contributed by atoms with van der Waals surface area (Å²) in [6.07, 6.45) is 1.52. The van der Waals surface area contributed by atoms with Crippen LogP contribution in [0.2, 0.25) is 0 Å². The average Bonchev–Trinajstić information content (AvgIpc) is 3.33. The van der Waals surface area contributed by atoms with Gasteiger partial charge in [0.2, 0.25) is 10.0 Å². The third-order valence-corrected chi connectivity index (χ3v) is 6.29. The number of carbonyl (C=O) groups is 2.